The van der Waals surface area contributed by atoms with Crippen molar-refractivity contribution in [3.63, 3.8) is 0 Å². The van der Waals surface area contributed by atoms with Crippen LogP contribution in [0, 0.1) is 6.92 Å². The van der Waals surface area contributed by atoms with E-state index in [9.17, 15) is 14.7 Å². The Hall–Kier alpha value is -2.04. The number of nitrogens with one attached hydrogen (secondary N) is 1. The number of hydrogen-bond acceptors (Lipinski definition) is 3. The van der Waals surface area contributed by atoms with Crippen LogP contribution in [0.25, 0.3) is 0 Å². The average Bonchev–Trinajstić information content (AvgIpc) is 2.89. The fourth-order valence-corrected chi connectivity index (χ4v) is 2.44. The third-order valence-electron chi connectivity index (χ3n) is 3.53. The maximum Gasteiger partial charge on any atom is 0.258 e. The highest BCUT2D eigenvalue weighted by Crippen LogP contribution is 2.26. The molecule has 0 unspecified atom stereocenters. The number of likely N-dealkylation sites (tertiary alicyclic amines) is 1. The minimum atomic E-state index is -0.433. The molecule has 5 heteroatoms. The van der Waals surface area contributed by atoms with E-state index in [0.29, 0.717) is 18.5 Å². The van der Waals surface area contributed by atoms with Gasteiger partial charge < -0.3 is 15.3 Å². The Morgan fingerprint density at radius 3 is 2.84 bits per heavy atom. The smallest absolute Gasteiger partial charge is 0.258 e. The SMILES string of the molecule is CNC(=O)[C@@H]1CCCN1C(=O)c1cccc(C)c1O. The predicted octanol–water partition coefficient (Wildman–Crippen LogP) is 1.05. The number of para-hydroxylation sites is 1. The van der Waals surface area contributed by atoms with E-state index >= 15 is 0 Å². The van der Waals surface area contributed by atoms with Gasteiger partial charge in [-0.1, -0.05) is 12.1 Å². The Labute approximate surface area is 112 Å². The largest absolute Gasteiger partial charge is 0.507 e. The summed E-state index contributed by atoms with van der Waals surface area (Å²) in [6.07, 6.45) is 1.47. The average molecular weight is 262 g/mol. The molecule has 1 fully saturated rings. The highest BCUT2D eigenvalue weighted by Gasteiger charge is 2.34. The molecule has 0 radical (unpaired) electrons. The number of hydrogen-bond donors (Lipinski definition) is 2. The molecule has 1 aliphatic rings. The molecule has 1 atom stereocenters. The van der Waals surface area contributed by atoms with Gasteiger partial charge in [0.05, 0.1) is 5.56 Å². The zero-order valence-electron chi connectivity index (χ0n) is 11.1. The lowest BCUT2D eigenvalue weighted by molar-refractivity contribution is -0.124. The first-order chi connectivity index (χ1) is 9.06. The monoisotopic (exact) mass is 262 g/mol. The molecule has 0 aromatic heterocycles. The van der Waals surface area contributed by atoms with E-state index in [0.717, 1.165) is 6.42 Å². The number of phenolic OH excluding ortho intramolecular Hbond substituents is 1. The van der Waals surface area contributed by atoms with Crippen LogP contribution in [0.2, 0.25) is 0 Å². The summed E-state index contributed by atoms with van der Waals surface area (Å²) < 4.78 is 0. The van der Waals surface area contributed by atoms with Gasteiger partial charge in [0.1, 0.15) is 11.8 Å². The molecule has 19 heavy (non-hydrogen) atoms. The minimum absolute atomic E-state index is 0.00458. The Balaban J connectivity index is 2.28. The predicted molar refractivity (Wildman–Crippen MR) is 71.0 cm³/mol. The Morgan fingerprint density at radius 2 is 2.16 bits per heavy atom. The van der Waals surface area contributed by atoms with Crippen molar-refractivity contribution >= 4 is 11.8 Å². The van der Waals surface area contributed by atoms with Gasteiger partial charge in [0.25, 0.3) is 5.91 Å². The van der Waals surface area contributed by atoms with Crippen molar-refractivity contribution in [3.05, 3.63) is 29.3 Å². The van der Waals surface area contributed by atoms with Gasteiger partial charge >= 0.3 is 0 Å². The third-order valence-corrected chi connectivity index (χ3v) is 3.53. The summed E-state index contributed by atoms with van der Waals surface area (Å²) in [4.78, 5) is 25.7. The summed E-state index contributed by atoms with van der Waals surface area (Å²) in [6, 6.07) is 4.63. The van der Waals surface area contributed by atoms with Gasteiger partial charge in [0.2, 0.25) is 5.91 Å². The summed E-state index contributed by atoms with van der Waals surface area (Å²) in [6.45, 7) is 2.29. The number of carbonyl (C=O) groups is 2. The normalized spacial score (nSPS) is 18.4. The molecule has 0 aliphatic carbocycles. The maximum absolute atomic E-state index is 12.4. The first-order valence-electron chi connectivity index (χ1n) is 6.37. The van der Waals surface area contributed by atoms with E-state index < -0.39 is 6.04 Å². The van der Waals surface area contributed by atoms with Gasteiger partial charge in [-0.15, -0.1) is 0 Å². The minimum Gasteiger partial charge on any atom is -0.507 e. The number of aryl methyl sites for hydroxylation is 1. The molecule has 2 rings (SSSR count). The van der Waals surface area contributed by atoms with Gasteiger partial charge in [-0.3, -0.25) is 9.59 Å². The van der Waals surface area contributed by atoms with Crippen molar-refractivity contribution in [1.82, 2.24) is 10.2 Å². The molecule has 5 nitrogen and oxygen atoms in total. The summed E-state index contributed by atoms with van der Waals surface area (Å²) >= 11 is 0. The lowest BCUT2D eigenvalue weighted by Crippen LogP contribution is -2.44. The van der Waals surface area contributed by atoms with Crippen molar-refractivity contribution in [2.24, 2.45) is 0 Å². The number of aromatic hydroxyl groups is 1. The first kappa shape index (κ1) is 13.4. The number of amides is 2. The zero-order valence-corrected chi connectivity index (χ0v) is 11.1. The molecular weight excluding hydrogens is 244 g/mol. The number of likely N-dealkylation sites (N-methyl/N-ethyl adjacent to an activating group) is 1. The van der Waals surface area contributed by atoms with Crippen molar-refractivity contribution < 1.29 is 14.7 Å². The second-order valence-corrected chi connectivity index (χ2v) is 4.74. The summed E-state index contributed by atoms with van der Waals surface area (Å²) in [5, 5.41) is 12.5. The molecule has 102 valence electrons. The quantitative estimate of drug-likeness (QED) is 0.837. The van der Waals surface area contributed by atoms with Crippen LogP contribution in [0.1, 0.15) is 28.8 Å². The standard InChI is InChI=1S/C14H18N2O3/c1-9-5-3-6-10(12(9)17)14(19)16-8-4-7-11(16)13(18)15-2/h3,5-6,11,17H,4,7-8H2,1-2H3,(H,15,18)/t11-/m0/s1. The van der Waals surface area contributed by atoms with Crippen LogP contribution in [-0.4, -0.2) is 41.5 Å². The summed E-state index contributed by atoms with van der Waals surface area (Å²) in [7, 11) is 1.56. The van der Waals surface area contributed by atoms with E-state index in [4.69, 9.17) is 0 Å². The van der Waals surface area contributed by atoms with Gasteiger partial charge in [-0.25, -0.2) is 0 Å². The molecule has 0 bridgehead atoms. The number of benzene rings is 1. The van der Waals surface area contributed by atoms with Crippen molar-refractivity contribution in [1.29, 1.82) is 0 Å². The molecule has 0 saturated carbocycles. The molecule has 0 spiro atoms. The second-order valence-electron chi connectivity index (χ2n) is 4.74. The summed E-state index contributed by atoms with van der Waals surface area (Å²) in [5.74, 6) is -0.444. The lowest BCUT2D eigenvalue weighted by Gasteiger charge is -2.23. The molecule has 1 saturated heterocycles. The van der Waals surface area contributed by atoms with Crippen molar-refractivity contribution in [2.75, 3.05) is 13.6 Å². The number of phenols is 1. The van der Waals surface area contributed by atoms with Crippen LogP contribution in [-0.2, 0) is 4.79 Å². The van der Waals surface area contributed by atoms with Gasteiger partial charge in [-0.05, 0) is 31.4 Å². The highest BCUT2D eigenvalue weighted by molar-refractivity contribution is 6.00. The fraction of sp³-hybridized carbons (Fsp3) is 0.429. The fourth-order valence-electron chi connectivity index (χ4n) is 2.44. The molecule has 2 amide bonds. The van der Waals surface area contributed by atoms with E-state index in [-0.39, 0.29) is 23.1 Å². The van der Waals surface area contributed by atoms with E-state index in [2.05, 4.69) is 5.32 Å². The van der Waals surface area contributed by atoms with Crippen molar-refractivity contribution in [2.45, 2.75) is 25.8 Å². The van der Waals surface area contributed by atoms with Crippen LogP contribution in [0.4, 0.5) is 0 Å². The molecular formula is C14H18N2O3. The van der Waals surface area contributed by atoms with E-state index in [1.165, 1.54) is 4.90 Å². The van der Waals surface area contributed by atoms with Crippen LogP contribution in [0.15, 0.2) is 18.2 Å². The summed E-state index contributed by atoms with van der Waals surface area (Å²) in [5.41, 5.74) is 0.914. The molecule has 1 aromatic carbocycles. The zero-order chi connectivity index (χ0) is 14.0. The number of nitrogens with zero attached hydrogens (tertiary/aromatic N) is 1. The van der Waals surface area contributed by atoms with Crippen LogP contribution in [0.3, 0.4) is 0 Å². The number of carbonyl (C=O) groups excluding carboxylic acids is 2. The molecule has 2 N–H and O–H groups in total. The van der Waals surface area contributed by atoms with Gasteiger partial charge in [0, 0.05) is 13.6 Å². The van der Waals surface area contributed by atoms with Crippen LogP contribution < -0.4 is 5.32 Å². The topological polar surface area (TPSA) is 69.6 Å². The number of rotatable bonds is 2. The van der Waals surface area contributed by atoms with E-state index in [1.807, 2.05) is 0 Å². The van der Waals surface area contributed by atoms with Crippen molar-refractivity contribution in [3.8, 4) is 5.75 Å². The van der Waals surface area contributed by atoms with E-state index in [1.54, 1.807) is 32.2 Å². The first-order valence-corrected chi connectivity index (χ1v) is 6.37. The maximum atomic E-state index is 12.4. The molecule has 1 aromatic rings. The molecule has 1 aliphatic heterocycles. The highest BCUT2D eigenvalue weighted by atomic mass is 16.3. The Morgan fingerprint density at radius 1 is 1.42 bits per heavy atom. The Kier molecular flexibility index (Phi) is 3.74. The Bertz CT molecular complexity index is 513. The van der Waals surface area contributed by atoms with Gasteiger partial charge in [0.15, 0.2) is 0 Å². The second kappa shape index (κ2) is 5.30. The van der Waals surface area contributed by atoms with Crippen LogP contribution >= 0.6 is 0 Å². The van der Waals surface area contributed by atoms with Crippen LogP contribution in [0.5, 0.6) is 5.75 Å². The third kappa shape index (κ3) is 2.41. The lowest BCUT2D eigenvalue weighted by atomic mass is 10.1. The van der Waals surface area contributed by atoms with Gasteiger partial charge in [-0.2, -0.15) is 0 Å². The molecule has 1 heterocycles.